The molecule has 6 heteroatoms. The highest BCUT2D eigenvalue weighted by atomic mass is 32.2. The van der Waals surface area contributed by atoms with E-state index < -0.39 is 10.0 Å². The number of benzene rings is 1. The minimum atomic E-state index is -3.52. The van der Waals surface area contributed by atoms with Gasteiger partial charge in [0.05, 0.1) is 5.69 Å². The highest BCUT2D eigenvalue weighted by Gasteiger charge is 2.15. The molecule has 2 aromatic rings. The third-order valence-corrected chi connectivity index (χ3v) is 3.87. The molecule has 0 fully saturated rings. The van der Waals surface area contributed by atoms with Crippen LogP contribution in [0.4, 0.5) is 5.69 Å². The highest BCUT2D eigenvalue weighted by molar-refractivity contribution is 7.92. The van der Waals surface area contributed by atoms with E-state index >= 15 is 0 Å². The summed E-state index contributed by atoms with van der Waals surface area (Å²) < 4.78 is 26.7. The van der Waals surface area contributed by atoms with E-state index in [0.717, 1.165) is 5.56 Å². The van der Waals surface area contributed by atoms with E-state index in [1.54, 1.807) is 18.3 Å². The van der Waals surface area contributed by atoms with Crippen molar-refractivity contribution in [2.45, 2.75) is 11.4 Å². The van der Waals surface area contributed by atoms with Crippen LogP contribution in [0.5, 0.6) is 0 Å². The van der Waals surface area contributed by atoms with E-state index in [2.05, 4.69) is 15.0 Å². The van der Waals surface area contributed by atoms with Gasteiger partial charge in [-0.1, -0.05) is 18.2 Å². The lowest BCUT2D eigenvalue weighted by molar-refractivity contribution is 0.601. The van der Waals surface area contributed by atoms with Crippen LogP contribution in [-0.2, 0) is 16.6 Å². The zero-order valence-electron chi connectivity index (χ0n) is 9.97. The molecule has 0 aliphatic heterocycles. The summed E-state index contributed by atoms with van der Waals surface area (Å²) in [6.07, 6.45) is 3.02. The van der Waals surface area contributed by atoms with Gasteiger partial charge in [-0.25, -0.2) is 8.42 Å². The predicted octanol–water partition coefficient (Wildman–Crippen LogP) is 1.53. The van der Waals surface area contributed by atoms with Crippen molar-refractivity contribution >= 4 is 15.7 Å². The molecule has 0 aliphatic carbocycles. The molecule has 0 saturated carbocycles. The molecule has 0 radical (unpaired) electrons. The first kappa shape index (κ1) is 12.7. The first-order valence-corrected chi connectivity index (χ1v) is 7.00. The molecule has 0 unspecified atom stereocenters. The highest BCUT2D eigenvalue weighted by Crippen LogP contribution is 2.19. The summed E-state index contributed by atoms with van der Waals surface area (Å²) in [6, 6.07) is 8.82. The second kappa shape index (κ2) is 5.24. The largest absolute Gasteiger partial charge is 0.366 e. The van der Waals surface area contributed by atoms with Crippen LogP contribution in [0.3, 0.4) is 0 Å². The molecule has 0 spiro atoms. The van der Waals surface area contributed by atoms with Crippen LogP contribution in [0.25, 0.3) is 0 Å². The van der Waals surface area contributed by atoms with Crippen molar-refractivity contribution in [3.63, 3.8) is 0 Å². The van der Waals surface area contributed by atoms with Gasteiger partial charge in [0, 0.05) is 18.9 Å². The molecule has 3 N–H and O–H groups in total. The summed E-state index contributed by atoms with van der Waals surface area (Å²) in [6.45, 7) is 0.603. The van der Waals surface area contributed by atoms with Crippen LogP contribution >= 0.6 is 0 Å². The molecule has 0 bridgehead atoms. The fraction of sp³-hybridized carbons (Fsp3) is 0.167. The molecule has 1 aromatic heterocycles. The van der Waals surface area contributed by atoms with E-state index in [4.69, 9.17) is 0 Å². The Morgan fingerprint density at radius 1 is 1.22 bits per heavy atom. The fourth-order valence-corrected chi connectivity index (χ4v) is 2.72. The number of aromatic amines is 1. The Hall–Kier alpha value is -1.79. The SMILES string of the molecule is CNCc1ccccc1NS(=O)(=O)c1cc[nH]c1. The van der Waals surface area contributed by atoms with Crippen LogP contribution in [0.15, 0.2) is 47.6 Å². The average Bonchev–Trinajstić information content (AvgIpc) is 2.86. The maximum absolute atomic E-state index is 12.1. The minimum absolute atomic E-state index is 0.224. The smallest absolute Gasteiger partial charge is 0.263 e. The Bertz CT molecular complexity index is 606. The number of rotatable bonds is 5. The molecule has 5 nitrogen and oxygen atoms in total. The van der Waals surface area contributed by atoms with Gasteiger partial charge in [-0.3, -0.25) is 4.72 Å². The molecule has 18 heavy (non-hydrogen) atoms. The Balaban J connectivity index is 2.29. The van der Waals surface area contributed by atoms with Crippen molar-refractivity contribution in [3.8, 4) is 0 Å². The molecule has 0 aliphatic rings. The van der Waals surface area contributed by atoms with Gasteiger partial charge in [0.1, 0.15) is 4.90 Å². The zero-order chi connectivity index (χ0) is 13.0. The lowest BCUT2D eigenvalue weighted by Crippen LogP contribution is -2.15. The number of hydrogen-bond acceptors (Lipinski definition) is 3. The van der Waals surface area contributed by atoms with Gasteiger partial charge in [-0.05, 0) is 24.7 Å². The van der Waals surface area contributed by atoms with Crippen molar-refractivity contribution in [2.24, 2.45) is 0 Å². The van der Waals surface area contributed by atoms with Crippen molar-refractivity contribution in [1.82, 2.24) is 10.3 Å². The maximum atomic E-state index is 12.1. The average molecular weight is 265 g/mol. The first-order chi connectivity index (χ1) is 8.63. The predicted molar refractivity (Wildman–Crippen MR) is 70.8 cm³/mol. The minimum Gasteiger partial charge on any atom is -0.366 e. The van der Waals surface area contributed by atoms with Crippen molar-refractivity contribution in [3.05, 3.63) is 48.3 Å². The van der Waals surface area contributed by atoms with E-state index in [-0.39, 0.29) is 4.90 Å². The molecule has 96 valence electrons. The number of anilines is 1. The third-order valence-electron chi connectivity index (χ3n) is 2.51. The summed E-state index contributed by atoms with van der Waals surface area (Å²) in [5.41, 5.74) is 1.49. The second-order valence-corrected chi connectivity index (χ2v) is 5.52. The molecule has 1 aromatic carbocycles. The standard InChI is InChI=1S/C12H15N3O2S/c1-13-8-10-4-2-3-5-12(10)15-18(16,17)11-6-7-14-9-11/h2-7,9,13-15H,8H2,1H3. The van der Waals surface area contributed by atoms with Gasteiger partial charge in [-0.15, -0.1) is 0 Å². The topological polar surface area (TPSA) is 74.0 Å². The normalized spacial score (nSPS) is 11.4. The van der Waals surface area contributed by atoms with Crippen molar-refractivity contribution < 1.29 is 8.42 Å². The van der Waals surface area contributed by atoms with Crippen LogP contribution in [0.2, 0.25) is 0 Å². The summed E-state index contributed by atoms with van der Waals surface area (Å²) in [5, 5.41) is 3.00. The molecule has 0 saturated heterocycles. The maximum Gasteiger partial charge on any atom is 0.263 e. The van der Waals surface area contributed by atoms with Gasteiger partial charge >= 0.3 is 0 Å². The number of para-hydroxylation sites is 1. The van der Waals surface area contributed by atoms with E-state index in [1.165, 1.54) is 12.3 Å². The number of H-pyrrole nitrogens is 1. The van der Waals surface area contributed by atoms with Gasteiger partial charge in [0.25, 0.3) is 10.0 Å². The van der Waals surface area contributed by atoms with Crippen LogP contribution in [-0.4, -0.2) is 20.4 Å². The summed E-state index contributed by atoms with van der Waals surface area (Å²) in [4.78, 5) is 2.95. The van der Waals surface area contributed by atoms with Gasteiger partial charge in [0.2, 0.25) is 0 Å². The lowest BCUT2D eigenvalue weighted by Gasteiger charge is -2.11. The van der Waals surface area contributed by atoms with Crippen molar-refractivity contribution in [2.75, 3.05) is 11.8 Å². The van der Waals surface area contributed by atoms with Crippen LogP contribution in [0.1, 0.15) is 5.56 Å². The fourth-order valence-electron chi connectivity index (χ4n) is 1.64. The molecule has 0 amide bonds. The number of hydrogen-bond donors (Lipinski definition) is 3. The van der Waals surface area contributed by atoms with Gasteiger partial charge < -0.3 is 10.3 Å². The monoisotopic (exact) mass is 265 g/mol. The first-order valence-electron chi connectivity index (χ1n) is 5.51. The van der Waals surface area contributed by atoms with E-state index in [9.17, 15) is 8.42 Å². The number of aromatic nitrogens is 1. The van der Waals surface area contributed by atoms with E-state index in [0.29, 0.717) is 12.2 Å². The zero-order valence-corrected chi connectivity index (χ0v) is 10.8. The Morgan fingerprint density at radius 3 is 2.67 bits per heavy atom. The Labute approximate surface area is 106 Å². The van der Waals surface area contributed by atoms with Gasteiger partial charge in [0.15, 0.2) is 0 Å². The Kier molecular flexibility index (Phi) is 3.69. The summed E-state index contributed by atoms with van der Waals surface area (Å²) in [5.74, 6) is 0. The van der Waals surface area contributed by atoms with Gasteiger partial charge in [-0.2, -0.15) is 0 Å². The molecule has 0 atom stereocenters. The van der Waals surface area contributed by atoms with Crippen LogP contribution < -0.4 is 10.0 Å². The third kappa shape index (κ3) is 2.72. The molecular weight excluding hydrogens is 250 g/mol. The molecule has 1 heterocycles. The lowest BCUT2D eigenvalue weighted by atomic mass is 10.2. The van der Waals surface area contributed by atoms with E-state index in [1.807, 2.05) is 19.2 Å². The Morgan fingerprint density at radius 2 is 2.00 bits per heavy atom. The van der Waals surface area contributed by atoms with Crippen LogP contribution in [0, 0.1) is 0 Å². The molecular formula is C12H15N3O2S. The summed E-state index contributed by atoms with van der Waals surface area (Å²) >= 11 is 0. The molecule has 2 rings (SSSR count). The number of sulfonamides is 1. The number of nitrogens with one attached hydrogen (secondary N) is 3. The quantitative estimate of drug-likeness (QED) is 0.767. The van der Waals surface area contributed by atoms with Crippen molar-refractivity contribution in [1.29, 1.82) is 0 Å². The summed E-state index contributed by atoms with van der Waals surface area (Å²) in [7, 11) is -1.70. The second-order valence-electron chi connectivity index (χ2n) is 3.84.